The number of benzene rings is 1. The third-order valence-electron chi connectivity index (χ3n) is 5.09. The van der Waals surface area contributed by atoms with E-state index in [0.29, 0.717) is 52.0 Å². The van der Waals surface area contributed by atoms with Gasteiger partial charge >= 0.3 is 6.09 Å². The Bertz CT molecular complexity index is 657. The molecule has 0 atom stereocenters. The first-order valence-corrected chi connectivity index (χ1v) is 9.89. The van der Waals surface area contributed by atoms with Gasteiger partial charge in [-0.2, -0.15) is 0 Å². The first kappa shape index (κ1) is 21.7. The number of rotatable bonds is 7. The molecule has 3 amide bonds. The number of likely N-dealkylation sites (tertiary alicyclic amines) is 1. The summed E-state index contributed by atoms with van der Waals surface area (Å²) in [6.45, 7) is 5.76. The highest BCUT2D eigenvalue weighted by Gasteiger charge is 2.29. The standard InChI is InChI=1S/C21H31N3O4/c1-4-28-21(27)23-13-10-19(11-14-23)24(17(2)25)15-12-20(26)22(3)16-18-8-6-5-7-9-18/h5-9,19H,4,10-16H2,1-3H3. The van der Waals surface area contributed by atoms with Crippen LogP contribution in [0.15, 0.2) is 30.3 Å². The second-order valence-corrected chi connectivity index (χ2v) is 7.11. The molecule has 1 heterocycles. The van der Waals surface area contributed by atoms with E-state index < -0.39 is 0 Å². The van der Waals surface area contributed by atoms with Crippen LogP contribution in [0.4, 0.5) is 4.79 Å². The van der Waals surface area contributed by atoms with Gasteiger partial charge in [-0.05, 0) is 25.3 Å². The van der Waals surface area contributed by atoms with E-state index in [1.165, 1.54) is 6.92 Å². The summed E-state index contributed by atoms with van der Waals surface area (Å²) < 4.78 is 5.03. The molecule has 1 saturated heterocycles. The van der Waals surface area contributed by atoms with Crippen molar-refractivity contribution >= 4 is 17.9 Å². The molecule has 1 fully saturated rings. The van der Waals surface area contributed by atoms with E-state index in [-0.39, 0.29) is 23.9 Å². The first-order valence-electron chi connectivity index (χ1n) is 9.89. The van der Waals surface area contributed by atoms with Gasteiger partial charge < -0.3 is 19.4 Å². The van der Waals surface area contributed by atoms with Crippen molar-refractivity contribution in [3.05, 3.63) is 35.9 Å². The number of carbonyl (C=O) groups is 3. The fraction of sp³-hybridized carbons (Fsp3) is 0.571. The van der Waals surface area contributed by atoms with Gasteiger partial charge in [-0.1, -0.05) is 30.3 Å². The van der Waals surface area contributed by atoms with Gasteiger partial charge in [0.25, 0.3) is 0 Å². The van der Waals surface area contributed by atoms with Crippen molar-refractivity contribution in [2.45, 2.75) is 45.7 Å². The molecule has 0 radical (unpaired) electrons. The summed E-state index contributed by atoms with van der Waals surface area (Å²) >= 11 is 0. The van der Waals surface area contributed by atoms with Crippen molar-refractivity contribution in [3.63, 3.8) is 0 Å². The molecule has 0 bridgehead atoms. The fourth-order valence-electron chi connectivity index (χ4n) is 3.52. The van der Waals surface area contributed by atoms with Crippen LogP contribution in [-0.4, -0.2) is 71.9 Å². The van der Waals surface area contributed by atoms with Crippen molar-refractivity contribution in [1.82, 2.24) is 14.7 Å². The van der Waals surface area contributed by atoms with Crippen LogP contribution in [0, 0.1) is 0 Å². The molecule has 1 aromatic carbocycles. The van der Waals surface area contributed by atoms with Crippen LogP contribution in [0.2, 0.25) is 0 Å². The molecular formula is C21H31N3O4. The van der Waals surface area contributed by atoms with E-state index in [1.807, 2.05) is 30.3 Å². The Kier molecular flexibility index (Phi) is 8.29. The summed E-state index contributed by atoms with van der Waals surface area (Å²) in [5, 5.41) is 0. The Hall–Kier alpha value is -2.57. The van der Waals surface area contributed by atoms with Crippen molar-refractivity contribution < 1.29 is 19.1 Å². The lowest BCUT2D eigenvalue weighted by atomic mass is 10.0. The van der Waals surface area contributed by atoms with Gasteiger partial charge in [0, 0.05) is 52.6 Å². The lowest BCUT2D eigenvalue weighted by Gasteiger charge is -2.37. The normalized spacial score (nSPS) is 14.5. The summed E-state index contributed by atoms with van der Waals surface area (Å²) in [6.07, 6.45) is 1.40. The van der Waals surface area contributed by atoms with E-state index in [4.69, 9.17) is 4.74 Å². The molecule has 1 aliphatic rings. The van der Waals surface area contributed by atoms with Crippen LogP contribution in [-0.2, 0) is 20.9 Å². The van der Waals surface area contributed by atoms with Crippen LogP contribution in [0.25, 0.3) is 0 Å². The minimum absolute atomic E-state index is 0.0130. The summed E-state index contributed by atoms with van der Waals surface area (Å²) in [4.78, 5) is 41.6. The number of amides is 3. The van der Waals surface area contributed by atoms with E-state index in [2.05, 4.69) is 0 Å². The molecule has 154 valence electrons. The van der Waals surface area contributed by atoms with Crippen molar-refractivity contribution in [3.8, 4) is 0 Å². The molecule has 28 heavy (non-hydrogen) atoms. The molecule has 0 N–H and O–H groups in total. The second-order valence-electron chi connectivity index (χ2n) is 7.11. The van der Waals surface area contributed by atoms with Crippen molar-refractivity contribution in [2.24, 2.45) is 0 Å². The number of nitrogens with zero attached hydrogens (tertiary/aromatic N) is 3. The van der Waals surface area contributed by atoms with E-state index in [1.54, 1.807) is 28.7 Å². The molecule has 0 spiro atoms. The minimum atomic E-state index is -0.298. The smallest absolute Gasteiger partial charge is 0.409 e. The third kappa shape index (κ3) is 6.25. The van der Waals surface area contributed by atoms with Crippen LogP contribution >= 0.6 is 0 Å². The quantitative estimate of drug-likeness (QED) is 0.718. The maximum atomic E-state index is 12.5. The Morgan fingerprint density at radius 1 is 1.14 bits per heavy atom. The highest BCUT2D eigenvalue weighted by atomic mass is 16.6. The maximum Gasteiger partial charge on any atom is 0.409 e. The largest absolute Gasteiger partial charge is 0.450 e. The molecule has 0 aliphatic carbocycles. The number of hydrogen-bond acceptors (Lipinski definition) is 4. The zero-order valence-corrected chi connectivity index (χ0v) is 17.1. The number of hydrogen-bond donors (Lipinski definition) is 0. The Labute approximate surface area is 167 Å². The van der Waals surface area contributed by atoms with Crippen LogP contribution in [0.3, 0.4) is 0 Å². The molecule has 2 rings (SSSR count). The van der Waals surface area contributed by atoms with Crippen molar-refractivity contribution in [1.29, 1.82) is 0 Å². The van der Waals surface area contributed by atoms with Gasteiger partial charge in [-0.25, -0.2) is 4.79 Å². The fourth-order valence-corrected chi connectivity index (χ4v) is 3.52. The summed E-state index contributed by atoms with van der Waals surface area (Å²) in [6, 6.07) is 9.88. The lowest BCUT2D eigenvalue weighted by molar-refractivity contribution is -0.135. The number of carbonyl (C=O) groups excluding carboxylic acids is 3. The molecule has 1 aliphatic heterocycles. The van der Waals surface area contributed by atoms with Crippen molar-refractivity contribution in [2.75, 3.05) is 33.3 Å². The molecule has 0 saturated carbocycles. The SMILES string of the molecule is CCOC(=O)N1CCC(N(CCC(=O)N(C)Cc2ccccc2)C(C)=O)CC1. The predicted octanol–water partition coefficient (Wildman–Crippen LogP) is 2.50. The van der Waals surface area contributed by atoms with Gasteiger partial charge in [-0.3, -0.25) is 9.59 Å². The average molecular weight is 389 g/mol. The van der Waals surface area contributed by atoms with E-state index in [9.17, 15) is 14.4 Å². The topological polar surface area (TPSA) is 70.2 Å². The first-order chi connectivity index (χ1) is 13.4. The Balaban J connectivity index is 1.83. The zero-order valence-electron chi connectivity index (χ0n) is 17.1. The lowest BCUT2D eigenvalue weighted by Crippen LogP contribution is -2.49. The van der Waals surface area contributed by atoms with Crippen LogP contribution in [0.5, 0.6) is 0 Å². The Morgan fingerprint density at radius 3 is 2.36 bits per heavy atom. The number of piperidine rings is 1. The molecule has 0 unspecified atom stereocenters. The minimum Gasteiger partial charge on any atom is -0.450 e. The molecule has 1 aromatic rings. The van der Waals surface area contributed by atoms with Gasteiger partial charge in [0.2, 0.25) is 11.8 Å². The molecule has 0 aromatic heterocycles. The molecule has 7 nitrogen and oxygen atoms in total. The van der Waals surface area contributed by atoms with E-state index in [0.717, 1.165) is 5.56 Å². The maximum absolute atomic E-state index is 12.5. The van der Waals surface area contributed by atoms with Gasteiger partial charge in [0.1, 0.15) is 0 Å². The average Bonchev–Trinajstić information content (AvgIpc) is 2.69. The predicted molar refractivity (Wildman–Crippen MR) is 107 cm³/mol. The summed E-state index contributed by atoms with van der Waals surface area (Å²) in [5.41, 5.74) is 1.08. The van der Waals surface area contributed by atoms with Gasteiger partial charge in [0.05, 0.1) is 6.61 Å². The van der Waals surface area contributed by atoms with Gasteiger partial charge in [0.15, 0.2) is 0 Å². The monoisotopic (exact) mass is 389 g/mol. The van der Waals surface area contributed by atoms with Gasteiger partial charge in [-0.15, -0.1) is 0 Å². The Morgan fingerprint density at radius 2 is 1.79 bits per heavy atom. The summed E-state index contributed by atoms with van der Waals surface area (Å²) in [5.74, 6) is -0.0211. The van der Waals surface area contributed by atoms with Crippen LogP contribution in [0.1, 0.15) is 38.7 Å². The molecular weight excluding hydrogens is 358 g/mol. The second kappa shape index (κ2) is 10.7. The third-order valence-corrected chi connectivity index (χ3v) is 5.09. The highest BCUT2D eigenvalue weighted by Crippen LogP contribution is 2.18. The van der Waals surface area contributed by atoms with Crippen LogP contribution < -0.4 is 0 Å². The highest BCUT2D eigenvalue weighted by molar-refractivity contribution is 5.78. The number of ether oxygens (including phenoxy) is 1. The zero-order chi connectivity index (χ0) is 20.5. The van der Waals surface area contributed by atoms with E-state index >= 15 is 0 Å². The molecule has 7 heteroatoms. The summed E-state index contributed by atoms with van der Waals surface area (Å²) in [7, 11) is 1.78.